The SMILES string of the molecule is COc1ccc(C2CC(=O)C3=C(C2)Nc2ccccc2NC3c2ccc(C)o2)cc1OC. The molecule has 2 unspecified atom stereocenters. The number of hydrogen-bond acceptors (Lipinski definition) is 6. The van der Waals surface area contributed by atoms with Crippen molar-refractivity contribution in [2.45, 2.75) is 31.7 Å². The van der Waals surface area contributed by atoms with Gasteiger partial charge in [-0.05, 0) is 61.2 Å². The number of methoxy groups -OCH3 is 2. The molecule has 2 heterocycles. The van der Waals surface area contributed by atoms with Crippen LogP contribution in [0, 0.1) is 6.92 Å². The number of ketones is 1. The number of para-hydroxylation sites is 2. The number of carbonyl (C=O) groups is 1. The first-order valence-corrected chi connectivity index (χ1v) is 10.7. The van der Waals surface area contributed by atoms with Gasteiger partial charge < -0.3 is 24.5 Å². The molecule has 0 saturated carbocycles. The average Bonchev–Trinajstić information content (AvgIpc) is 3.16. The summed E-state index contributed by atoms with van der Waals surface area (Å²) in [4.78, 5) is 13.5. The van der Waals surface area contributed by atoms with Crippen molar-refractivity contribution in [3.8, 4) is 11.5 Å². The van der Waals surface area contributed by atoms with Crippen LogP contribution in [-0.2, 0) is 4.79 Å². The molecule has 164 valence electrons. The molecule has 6 nitrogen and oxygen atoms in total. The highest BCUT2D eigenvalue weighted by Crippen LogP contribution is 2.45. The first-order chi connectivity index (χ1) is 15.6. The second-order valence-electron chi connectivity index (χ2n) is 8.23. The van der Waals surface area contributed by atoms with Crippen LogP contribution in [0.4, 0.5) is 11.4 Å². The van der Waals surface area contributed by atoms with Crippen LogP contribution in [0.2, 0.25) is 0 Å². The zero-order valence-electron chi connectivity index (χ0n) is 18.4. The van der Waals surface area contributed by atoms with Crippen LogP contribution >= 0.6 is 0 Å². The van der Waals surface area contributed by atoms with Gasteiger partial charge in [-0.2, -0.15) is 0 Å². The molecule has 2 atom stereocenters. The lowest BCUT2D eigenvalue weighted by molar-refractivity contribution is -0.116. The van der Waals surface area contributed by atoms with Gasteiger partial charge in [0.05, 0.1) is 25.6 Å². The number of benzene rings is 2. The van der Waals surface area contributed by atoms with E-state index in [0.29, 0.717) is 24.3 Å². The number of hydrogen-bond donors (Lipinski definition) is 2. The molecule has 0 saturated heterocycles. The summed E-state index contributed by atoms with van der Waals surface area (Å²) in [6.45, 7) is 1.91. The normalized spacial score (nSPS) is 19.9. The Kier molecular flexibility index (Phi) is 5.13. The number of Topliss-reactive ketones (excluding diaryl/α,β-unsaturated/α-hetero) is 1. The van der Waals surface area contributed by atoms with Crippen molar-refractivity contribution in [3.63, 3.8) is 0 Å². The van der Waals surface area contributed by atoms with Gasteiger partial charge in [0, 0.05) is 17.7 Å². The first-order valence-electron chi connectivity index (χ1n) is 10.7. The Morgan fingerprint density at radius 3 is 2.44 bits per heavy atom. The van der Waals surface area contributed by atoms with E-state index in [1.54, 1.807) is 14.2 Å². The van der Waals surface area contributed by atoms with Gasteiger partial charge in [-0.25, -0.2) is 0 Å². The summed E-state index contributed by atoms with van der Waals surface area (Å²) in [7, 11) is 3.24. The van der Waals surface area contributed by atoms with Gasteiger partial charge in [0.2, 0.25) is 0 Å². The predicted molar refractivity (Wildman–Crippen MR) is 123 cm³/mol. The fourth-order valence-corrected chi connectivity index (χ4v) is 4.66. The number of ether oxygens (including phenoxy) is 2. The fourth-order valence-electron chi connectivity index (χ4n) is 4.66. The molecule has 3 aromatic rings. The average molecular weight is 431 g/mol. The van der Waals surface area contributed by atoms with E-state index in [0.717, 1.165) is 39.7 Å². The highest BCUT2D eigenvalue weighted by atomic mass is 16.5. The van der Waals surface area contributed by atoms with Crippen molar-refractivity contribution in [3.05, 3.63) is 83.0 Å². The van der Waals surface area contributed by atoms with E-state index in [9.17, 15) is 4.79 Å². The first kappa shape index (κ1) is 20.2. The van der Waals surface area contributed by atoms with Gasteiger partial charge in [0.1, 0.15) is 17.6 Å². The molecular formula is C26H26N2O4. The monoisotopic (exact) mass is 430 g/mol. The zero-order chi connectivity index (χ0) is 22.2. The summed E-state index contributed by atoms with van der Waals surface area (Å²) in [6.07, 6.45) is 1.13. The number of nitrogens with one attached hydrogen (secondary N) is 2. The van der Waals surface area contributed by atoms with Gasteiger partial charge >= 0.3 is 0 Å². The summed E-state index contributed by atoms with van der Waals surface area (Å²) < 4.78 is 16.8. The highest BCUT2D eigenvalue weighted by Gasteiger charge is 2.37. The molecule has 0 radical (unpaired) electrons. The second-order valence-corrected chi connectivity index (χ2v) is 8.23. The molecular weight excluding hydrogens is 404 g/mol. The van der Waals surface area contributed by atoms with Crippen LogP contribution in [-0.4, -0.2) is 20.0 Å². The van der Waals surface area contributed by atoms with Gasteiger partial charge in [-0.3, -0.25) is 4.79 Å². The third kappa shape index (κ3) is 3.51. The number of allylic oxidation sites excluding steroid dienone is 1. The molecule has 1 aliphatic heterocycles. The molecule has 2 aliphatic rings. The van der Waals surface area contributed by atoms with Gasteiger partial charge in [-0.1, -0.05) is 18.2 Å². The Morgan fingerprint density at radius 2 is 1.72 bits per heavy atom. The summed E-state index contributed by atoms with van der Waals surface area (Å²) in [5, 5.41) is 7.08. The van der Waals surface area contributed by atoms with Crippen LogP contribution in [0.3, 0.4) is 0 Å². The number of furan rings is 1. The minimum atomic E-state index is -0.339. The van der Waals surface area contributed by atoms with Crippen molar-refractivity contribution >= 4 is 17.2 Å². The summed E-state index contributed by atoms with van der Waals surface area (Å²) in [5.74, 6) is 3.06. The lowest BCUT2D eigenvalue weighted by atomic mass is 9.79. The van der Waals surface area contributed by atoms with Crippen LogP contribution < -0.4 is 20.1 Å². The molecule has 0 amide bonds. The Morgan fingerprint density at radius 1 is 0.938 bits per heavy atom. The van der Waals surface area contributed by atoms with Gasteiger partial charge in [-0.15, -0.1) is 0 Å². The van der Waals surface area contributed by atoms with Crippen molar-refractivity contribution in [2.24, 2.45) is 0 Å². The van der Waals surface area contributed by atoms with E-state index in [4.69, 9.17) is 13.9 Å². The van der Waals surface area contributed by atoms with Crippen molar-refractivity contribution in [1.82, 2.24) is 0 Å². The second kappa shape index (κ2) is 8.11. The van der Waals surface area contributed by atoms with Gasteiger partial charge in [0.15, 0.2) is 17.3 Å². The van der Waals surface area contributed by atoms with Crippen molar-refractivity contribution in [1.29, 1.82) is 0 Å². The third-order valence-corrected chi connectivity index (χ3v) is 6.23. The zero-order valence-corrected chi connectivity index (χ0v) is 18.4. The topological polar surface area (TPSA) is 72.7 Å². The van der Waals surface area contributed by atoms with Crippen LogP contribution in [0.25, 0.3) is 0 Å². The molecule has 2 aromatic carbocycles. The summed E-state index contributed by atoms with van der Waals surface area (Å²) in [5.41, 5.74) is 4.62. The maximum atomic E-state index is 13.5. The standard InChI is InChI=1S/C26H26N2O4/c1-15-8-10-23(32-15)26-25-20(27-18-6-4-5-7-19(18)28-26)12-17(13-21(25)29)16-9-11-22(30-2)24(14-16)31-3/h4-11,14,17,26-28H,12-13H2,1-3H3. The maximum absolute atomic E-state index is 13.5. The van der Waals surface area contributed by atoms with Crippen LogP contribution in [0.1, 0.15) is 41.9 Å². The Labute approximate surface area is 187 Å². The maximum Gasteiger partial charge on any atom is 0.163 e. The van der Waals surface area contributed by atoms with Gasteiger partial charge in [0.25, 0.3) is 0 Å². The fraction of sp³-hybridized carbons (Fsp3) is 0.269. The largest absolute Gasteiger partial charge is 0.493 e. The molecule has 0 spiro atoms. The highest BCUT2D eigenvalue weighted by molar-refractivity contribution is 6.01. The van der Waals surface area contributed by atoms with E-state index in [1.165, 1.54) is 0 Å². The molecule has 0 bridgehead atoms. The number of fused-ring (bicyclic) bond motifs is 1. The summed E-state index contributed by atoms with van der Waals surface area (Å²) in [6, 6.07) is 17.4. The smallest absolute Gasteiger partial charge is 0.163 e. The van der Waals surface area contributed by atoms with Crippen molar-refractivity contribution in [2.75, 3.05) is 24.9 Å². The van der Waals surface area contributed by atoms with Crippen molar-refractivity contribution < 1.29 is 18.7 Å². The number of aryl methyl sites for hydroxylation is 1. The molecule has 5 rings (SSSR count). The Balaban J connectivity index is 1.57. The molecule has 1 aliphatic carbocycles. The number of anilines is 2. The number of carbonyl (C=O) groups excluding carboxylic acids is 1. The summed E-state index contributed by atoms with van der Waals surface area (Å²) >= 11 is 0. The third-order valence-electron chi connectivity index (χ3n) is 6.23. The van der Waals surface area contributed by atoms with Crippen LogP contribution in [0.5, 0.6) is 11.5 Å². The Bertz CT molecular complexity index is 1210. The lowest BCUT2D eigenvalue weighted by Crippen LogP contribution is -2.26. The minimum Gasteiger partial charge on any atom is -0.493 e. The molecule has 0 fully saturated rings. The molecule has 32 heavy (non-hydrogen) atoms. The molecule has 1 aromatic heterocycles. The lowest BCUT2D eigenvalue weighted by Gasteiger charge is -2.29. The van der Waals surface area contributed by atoms with E-state index in [1.807, 2.05) is 61.5 Å². The molecule has 6 heteroatoms. The van der Waals surface area contributed by atoms with E-state index in [-0.39, 0.29) is 17.7 Å². The van der Waals surface area contributed by atoms with E-state index >= 15 is 0 Å². The number of rotatable bonds is 4. The quantitative estimate of drug-likeness (QED) is 0.563. The van der Waals surface area contributed by atoms with E-state index in [2.05, 4.69) is 10.6 Å². The van der Waals surface area contributed by atoms with E-state index < -0.39 is 0 Å². The minimum absolute atomic E-state index is 0.0396. The molecule has 2 N–H and O–H groups in total. The Hall–Kier alpha value is -3.67. The predicted octanol–water partition coefficient (Wildman–Crippen LogP) is 5.58. The van der Waals surface area contributed by atoms with Crippen LogP contribution in [0.15, 0.2) is 70.3 Å².